The fraction of sp³-hybridized carbons (Fsp3) is 0.333. The molecule has 2 N–H and O–H groups in total. The zero-order chi connectivity index (χ0) is 18.5. The number of esters is 1. The van der Waals surface area contributed by atoms with Gasteiger partial charge in [-0.15, -0.1) is 0 Å². The van der Waals surface area contributed by atoms with Crippen LogP contribution in [0.1, 0.15) is 39.4 Å². The smallest absolute Gasteiger partial charge is 0.337 e. The first kappa shape index (κ1) is 18.1. The first-order valence-electron chi connectivity index (χ1n) is 8.78. The van der Waals surface area contributed by atoms with Gasteiger partial charge in [0, 0.05) is 5.92 Å². The number of methoxy groups -OCH3 is 1. The number of carboxylic acid groups (broad SMARTS) is 1. The molecule has 0 saturated heterocycles. The number of hydrogen-bond donors (Lipinski definition) is 2. The maximum absolute atomic E-state index is 11.8. The van der Waals surface area contributed by atoms with Crippen molar-refractivity contribution in [3.63, 3.8) is 0 Å². The molecule has 0 aliphatic heterocycles. The first-order chi connectivity index (χ1) is 12.6. The second-order valence-corrected chi connectivity index (χ2v) is 6.62. The minimum absolute atomic E-state index is 0.0356. The molecule has 5 nitrogen and oxygen atoms in total. The zero-order valence-electron chi connectivity index (χ0n) is 14.8. The van der Waals surface area contributed by atoms with Crippen LogP contribution in [0, 0.1) is 5.92 Å². The van der Waals surface area contributed by atoms with Gasteiger partial charge in [0.25, 0.3) is 0 Å². The first-order valence-corrected chi connectivity index (χ1v) is 8.78. The summed E-state index contributed by atoms with van der Waals surface area (Å²) in [6.45, 7) is 0.607. The third kappa shape index (κ3) is 3.94. The van der Waals surface area contributed by atoms with E-state index in [-0.39, 0.29) is 18.4 Å². The van der Waals surface area contributed by atoms with E-state index in [0.717, 1.165) is 18.4 Å². The van der Waals surface area contributed by atoms with E-state index < -0.39 is 5.97 Å². The zero-order valence-corrected chi connectivity index (χ0v) is 14.8. The number of nitrogens with one attached hydrogen (secondary N) is 1. The number of carbonyl (C=O) groups is 2. The average Bonchev–Trinajstić information content (AvgIpc) is 2.67. The van der Waals surface area contributed by atoms with E-state index in [0.29, 0.717) is 18.0 Å². The lowest BCUT2D eigenvalue weighted by Gasteiger charge is -2.34. The molecule has 26 heavy (non-hydrogen) atoms. The number of carbonyl (C=O) groups excluding carboxylic acids is 1. The Hall–Kier alpha value is -2.66. The highest BCUT2D eigenvalue weighted by molar-refractivity contribution is 5.89. The van der Waals surface area contributed by atoms with Crippen LogP contribution in [0.4, 0.5) is 0 Å². The van der Waals surface area contributed by atoms with Gasteiger partial charge >= 0.3 is 11.9 Å². The molecule has 0 radical (unpaired) electrons. The van der Waals surface area contributed by atoms with Gasteiger partial charge in [0.15, 0.2) is 0 Å². The molecule has 136 valence electrons. The predicted octanol–water partition coefficient (Wildman–Crippen LogP) is 2.84. The van der Waals surface area contributed by atoms with Crippen molar-refractivity contribution in [2.75, 3.05) is 20.2 Å². The molecule has 1 aliphatic carbocycles. The molecule has 2 aromatic rings. The third-order valence-corrected chi connectivity index (χ3v) is 5.00. The van der Waals surface area contributed by atoms with Crippen molar-refractivity contribution >= 4 is 11.9 Å². The van der Waals surface area contributed by atoms with Crippen LogP contribution < -0.4 is 5.32 Å². The van der Waals surface area contributed by atoms with Crippen LogP contribution in [-0.2, 0) is 16.0 Å². The Morgan fingerprint density at radius 2 is 1.96 bits per heavy atom. The lowest BCUT2D eigenvalue weighted by molar-refractivity contribution is -0.136. The topological polar surface area (TPSA) is 75.6 Å². The molecule has 0 heterocycles. The second-order valence-electron chi connectivity index (χ2n) is 6.62. The van der Waals surface area contributed by atoms with Crippen LogP contribution in [0.2, 0.25) is 0 Å². The summed E-state index contributed by atoms with van der Waals surface area (Å²) in [5, 5.41) is 11.9. The number of hydrogen-bond acceptors (Lipinski definition) is 4. The van der Waals surface area contributed by atoms with Crippen molar-refractivity contribution in [3.8, 4) is 0 Å². The van der Waals surface area contributed by atoms with Gasteiger partial charge in [0.2, 0.25) is 0 Å². The molecule has 3 rings (SSSR count). The number of rotatable bonds is 6. The summed E-state index contributed by atoms with van der Waals surface area (Å²) < 4.78 is 4.83. The normalized spacial score (nSPS) is 18.8. The van der Waals surface area contributed by atoms with Gasteiger partial charge in [-0.25, -0.2) is 4.79 Å². The molecule has 0 amide bonds. The molecule has 0 fully saturated rings. The second kappa shape index (κ2) is 8.15. The lowest BCUT2D eigenvalue weighted by atomic mass is 9.71. The maximum Gasteiger partial charge on any atom is 0.337 e. The minimum atomic E-state index is -0.847. The Morgan fingerprint density at radius 3 is 2.65 bits per heavy atom. The molecular weight excluding hydrogens is 330 g/mol. The van der Waals surface area contributed by atoms with Crippen molar-refractivity contribution < 1.29 is 19.4 Å². The molecule has 5 heteroatoms. The number of benzene rings is 2. The van der Waals surface area contributed by atoms with Crippen molar-refractivity contribution in [1.29, 1.82) is 0 Å². The van der Waals surface area contributed by atoms with Gasteiger partial charge in [-0.2, -0.15) is 0 Å². The van der Waals surface area contributed by atoms with Crippen molar-refractivity contribution in [2.24, 2.45) is 5.92 Å². The Morgan fingerprint density at radius 1 is 1.19 bits per heavy atom. The molecule has 0 spiro atoms. The lowest BCUT2D eigenvalue weighted by Crippen LogP contribution is -2.34. The van der Waals surface area contributed by atoms with E-state index in [4.69, 9.17) is 9.84 Å². The number of aryl methyl sites for hydroxylation is 1. The van der Waals surface area contributed by atoms with Gasteiger partial charge in [0.1, 0.15) is 0 Å². The quantitative estimate of drug-likeness (QED) is 0.781. The molecule has 0 bridgehead atoms. The summed E-state index contributed by atoms with van der Waals surface area (Å²) in [7, 11) is 1.39. The molecule has 2 aromatic carbocycles. The third-order valence-electron chi connectivity index (χ3n) is 5.00. The molecule has 2 atom stereocenters. The Kier molecular flexibility index (Phi) is 5.68. The van der Waals surface area contributed by atoms with Gasteiger partial charge in [-0.1, -0.05) is 36.4 Å². The number of aliphatic carboxylic acids is 1. The van der Waals surface area contributed by atoms with Gasteiger partial charge in [0.05, 0.1) is 19.2 Å². The molecular formula is C21H23NO4. The van der Waals surface area contributed by atoms with Crippen LogP contribution in [0.15, 0.2) is 48.5 Å². The van der Waals surface area contributed by atoms with Crippen LogP contribution in [0.25, 0.3) is 0 Å². The standard InChI is InChI=1S/C21H23NO4/c1-26-21(25)16-9-10-18-15(11-16)7-8-17(12-22-13-19(23)24)20(18)14-5-3-2-4-6-14/h2-6,9-11,17,20,22H,7-8,12-13H2,1H3,(H,23,24). The maximum atomic E-state index is 11.8. The highest BCUT2D eigenvalue weighted by Crippen LogP contribution is 2.41. The van der Waals surface area contributed by atoms with Gasteiger partial charge < -0.3 is 15.2 Å². The highest BCUT2D eigenvalue weighted by atomic mass is 16.5. The Labute approximate surface area is 153 Å². The van der Waals surface area contributed by atoms with Crippen molar-refractivity contribution in [2.45, 2.75) is 18.8 Å². The summed E-state index contributed by atoms with van der Waals surface area (Å²) in [5.41, 5.74) is 4.15. The molecule has 1 aliphatic rings. The van der Waals surface area contributed by atoms with Gasteiger partial charge in [-0.05, 0) is 54.1 Å². The summed E-state index contributed by atoms with van der Waals surface area (Å²) in [4.78, 5) is 22.6. The molecule has 2 unspecified atom stereocenters. The Balaban J connectivity index is 1.93. The summed E-state index contributed by atoms with van der Waals surface area (Å²) in [6, 6.07) is 16.0. The van der Waals surface area contributed by atoms with Crippen LogP contribution >= 0.6 is 0 Å². The van der Waals surface area contributed by atoms with Crippen LogP contribution in [-0.4, -0.2) is 37.2 Å². The Bertz CT molecular complexity index is 788. The predicted molar refractivity (Wildman–Crippen MR) is 98.4 cm³/mol. The van der Waals surface area contributed by atoms with E-state index in [2.05, 4.69) is 17.4 Å². The SMILES string of the molecule is COC(=O)c1ccc2c(c1)CCC(CNCC(=O)O)C2c1ccccc1. The van der Waals surface area contributed by atoms with Crippen molar-refractivity contribution in [3.05, 3.63) is 70.8 Å². The van der Waals surface area contributed by atoms with Crippen LogP contribution in [0.5, 0.6) is 0 Å². The number of carboxylic acids is 1. The van der Waals surface area contributed by atoms with E-state index in [1.54, 1.807) is 0 Å². The van der Waals surface area contributed by atoms with E-state index in [1.807, 2.05) is 36.4 Å². The highest BCUT2D eigenvalue weighted by Gasteiger charge is 2.31. The van der Waals surface area contributed by atoms with Crippen LogP contribution in [0.3, 0.4) is 0 Å². The average molecular weight is 353 g/mol. The summed E-state index contributed by atoms with van der Waals surface area (Å²) >= 11 is 0. The number of fused-ring (bicyclic) bond motifs is 1. The van der Waals surface area contributed by atoms with E-state index in [9.17, 15) is 9.59 Å². The van der Waals surface area contributed by atoms with E-state index in [1.165, 1.54) is 18.2 Å². The fourth-order valence-electron chi connectivity index (χ4n) is 3.83. The summed E-state index contributed by atoms with van der Waals surface area (Å²) in [5.74, 6) is -0.698. The minimum Gasteiger partial charge on any atom is -0.480 e. The van der Waals surface area contributed by atoms with E-state index >= 15 is 0 Å². The summed E-state index contributed by atoms with van der Waals surface area (Å²) in [6.07, 6.45) is 1.80. The van der Waals surface area contributed by atoms with Crippen molar-refractivity contribution in [1.82, 2.24) is 5.32 Å². The number of ether oxygens (including phenoxy) is 1. The largest absolute Gasteiger partial charge is 0.480 e. The van der Waals surface area contributed by atoms with Gasteiger partial charge in [-0.3, -0.25) is 4.79 Å². The monoisotopic (exact) mass is 353 g/mol. The molecule has 0 aromatic heterocycles. The molecule has 0 saturated carbocycles. The fourth-order valence-corrected chi connectivity index (χ4v) is 3.83.